The number of hydrogen-bond donors (Lipinski definition) is 1. The Hall–Kier alpha value is -0.190. The van der Waals surface area contributed by atoms with Gasteiger partial charge < -0.3 is 10.6 Å². The summed E-state index contributed by atoms with van der Waals surface area (Å²) in [6.45, 7) is 6.57. The lowest BCUT2D eigenvalue weighted by molar-refractivity contribution is 0.143. The Morgan fingerprint density at radius 2 is 2.07 bits per heavy atom. The zero-order valence-corrected chi connectivity index (χ0v) is 10.0. The highest BCUT2D eigenvalue weighted by Crippen LogP contribution is 2.14. The van der Waals surface area contributed by atoms with Crippen LogP contribution in [0.5, 0.6) is 0 Å². The van der Waals surface area contributed by atoms with Gasteiger partial charge in [-0.2, -0.15) is 0 Å². The fraction of sp³-hybridized carbons (Fsp3) is 0.900. The molecule has 1 rings (SSSR count). The molecule has 0 amide bonds. The predicted octanol–water partition coefficient (Wildman–Crippen LogP) is 0.689. The number of thiocarbonyl (C=S) groups is 1. The van der Waals surface area contributed by atoms with Gasteiger partial charge in [-0.25, -0.2) is 0 Å². The van der Waals surface area contributed by atoms with Gasteiger partial charge in [-0.15, -0.1) is 0 Å². The van der Waals surface area contributed by atoms with Crippen molar-refractivity contribution < 1.29 is 0 Å². The van der Waals surface area contributed by atoms with Crippen LogP contribution in [0.25, 0.3) is 0 Å². The maximum absolute atomic E-state index is 5.53. The molecule has 1 saturated heterocycles. The highest BCUT2D eigenvalue weighted by molar-refractivity contribution is 7.80. The van der Waals surface area contributed by atoms with Crippen LogP contribution in [0.15, 0.2) is 0 Å². The van der Waals surface area contributed by atoms with Gasteiger partial charge in [-0.1, -0.05) is 19.1 Å². The summed E-state index contributed by atoms with van der Waals surface area (Å²) in [5.74, 6) is 0. The van der Waals surface area contributed by atoms with Crippen molar-refractivity contribution in [2.24, 2.45) is 5.73 Å². The monoisotopic (exact) mass is 215 g/mol. The third kappa shape index (κ3) is 3.52. The molecule has 1 heterocycles. The number of piperidine rings is 1. The minimum Gasteiger partial charge on any atom is -0.392 e. The van der Waals surface area contributed by atoms with E-state index in [2.05, 4.69) is 23.8 Å². The fourth-order valence-corrected chi connectivity index (χ4v) is 2.25. The lowest BCUT2D eigenvalue weighted by atomic mass is 10.0. The van der Waals surface area contributed by atoms with Crippen LogP contribution in [0.2, 0.25) is 0 Å². The van der Waals surface area contributed by atoms with Gasteiger partial charge in [0.1, 0.15) is 0 Å². The Kier molecular flexibility index (Phi) is 4.78. The molecule has 0 unspecified atom stereocenters. The number of rotatable bonds is 4. The third-order valence-electron chi connectivity index (χ3n) is 3.03. The maximum Gasteiger partial charge on any atom is 0.0870 e. The summed E-state index contributed by atoms with van der Waals surface area (Å²) in [5, 5.41) is 0. The van der Waals surface area contributed by atoms with E-state index in [1.54, 1.807) is 0 Å². The second-order valence-corrected chi connectivity index (χ2v) is 4.57. The summed E-state index contributed by atoms with van der Waals surface area (Å²) < 4.78 is 0. The molecule has 82 valence electrons. The van der Waals surface area contributed by atoms with E-state index in [0.29, 0.717) is 11.0 Å². The molecule has 0 aromatic carbocycles. The van der Waals surface area contributed by atoms with Crippen LogP contribution in [-0.4, -0.2) is 54.1 Å². The van der Waals surface area contributed by atoms with Crippen LogP contribution in [0.3, 0.4) is 0 Å². The first-order valence-corrected chi connectivity index (χ1v) is 5.75. The summed E-state index contributed by atoms with van der Waals surface area (Å²) in [5.41, 5.74) is 5.53. The summed E-state index contributed by atoms with van der Waals surface area (Å²) in [7, 11) is 2.12. The zero-order chi connectivity index (χ0) is 10.6. The molecule has 1 aliphatic rings. The van der Waals surface area contributed by atoms with Gasteiger partial charge in [0.05, 0.1) is 4.99 Å². The largest absolute Gasteiger partial charge is 0.392 e. The molecule has 0 bridgehead atoms. The molecule has 0 atom stereocenters. The van der Waals surface area contributed by atoms with Gasteiger partial charge >= 0.3 is 0 Å². The maximum atomic E-state index is 5.53. The standard InChI is InChI=1S/C10H21N3S/c1-3-13-6-4-9(5-7-13)12(2)8-10(11)14/h9H,3-8H2,1-2H3,(H2,11,14). The van der Waals surface area contributed by atoms with Crippen LogP contribution >= 0.6 is 12.2 Å². The molecule has 3 nitrogen and oxygen atoms in total. The molecule has 4 heteroatoms. The second kappa shape index (κ2) is 5.63. The zero-order valence-electron chi connectivity index (χ0n) is 9.20. The Balaban J connectivity index is 2.30. The van der Waals surface area contributed by atoms with E-state index in [4.69, 9.17) is 18.0 Å². The van der Waals surface area contributed by atoms with E-state index in [0.717, 1.165) is 6.54 Å². The number of likely N-dealkylation sites (tertiary alicyclic amines) is 1. The molecule has 0 aromatic heterocycles. The minimum absolute atomic E-state index is 0.602. The van der Waals surface area contributed by atoms with Crippen molar-refractivity contribution in [2.75, 3.05) is 33.2 Å². The Morgan fingerprint density at radius 3 is 2.50 bits per heavy atom. The molecule has 0 radical (unpaired) electrons. The lowest BCUT2D eigenvalue weighted by Crippen LogP contribution is -2.45. The van der Waals surface area contributed by atoms with Crippen LogP contribution in [0.1, 0.15) is 19.8 Å². The van der Waals surface area contributed by atoms with E-state index in [1.165, 1.54) is 32.5 Å². The number of nitrogens with two attached hydrogens (primary N) is 1. The van der Waals surface area contributed by atoms with Crippen molar-refractivity contribution in [2.45, 2.75) is 25.8 Å². The second-order valence-electron chi connectivity index (χ2n) is 4.05. The van der Waals surface area contributed by atoms with Gasteiger partial charge in [0.25, 0.3) is 0 Å². The summed E-state index contributed by atoms with van der Waals surface area (Å²) in [6, 6.07) is 0.666. The summed E-state index contributed by atoms with van der Waals surface area (Å²) >= 11 is 4.91. The molecule has 1 aliphatic heterocycles. The van der Waals surface area contributed by atoms with E-state index in [-0.39, 0.29) is 0 Å². The first-order valence-electron chi connectivity index (χ1n) is 5.34. The Morgan fingerprint density at radius 1 is 1.50 bits per heavy atom. The van der Waals surface area contributed by atoms with Crippen molar-refractivity contribution in [1.29, 1.82) is 0 Å². The SMILES string of the molecule is CCN1CCC(N(C)CC(N)=S)CC1. The third-order valence-corrected chi connectivity index (χ3v) is 3.16. The first kappa shape index (κ1) is 11.9. The highest BCUT2D eigenvalue weighted by Gasteiger charge is 2.21. The molecule has 0 saturated carbocycles. The quantitative estimate of drug-likeness (QED) is 0.699. The molecule has 2 N–H and O–H groups in total. The van der Waals surface area contributed by atoms with Crippen LogP contribution in [0, 0.1) is 0 Å². The Bertz CT molecular complexity index is 188. The van der Waals surface area contributed by atoms with E-state index < -0.39 is 0 Å². The fourth-order valence-electron chi connectivity index (χ4n) is 2.05. The highest BCUT2D eigenvalue weighted by atomic mass is 32.1. The number of hydrogen-bond acceptors (Lipinski definition) is 3. The molecule has 0 spiro atoms. The van der Waals surface area contributed by atoms with Crippen molar-refractivity contribution >= 4 is 17.2 Å². The van der Waals surface area contributed by atoms with Gasteiger partial charge in [0.2, 0.25) is 0 Å². The van der Waals surface area contributed by atoms with Crippen molar-refractivity contribution in [3.8, 4) is 0 Å². The molecule has 14 heavy (non-hydrogen) atoms. The molecule has 0 aliphatic carbocycles. The normalized spacial score (nSPS) is 20.2. The smallest absolute Gasteiger partial charge is 0.0870 e. The number of likely N-dealkylation sites (N-methyl/N-ethyl adjacent to an activating group) is 1. The topological polar surface area (TPSA) is 32.5 Å². The Labute approximate surface area is 92.2 Å². The van der Waals surface area contributed by atoms with E-state index in [1.807, 2.05) is 0 Å². The van der Waals surface area contributed by atoms with Gasteiger partial charge in [0, 0.05) is 12.6 Å². The van der Waals surface area contributed by atoms with E-state index >= 15 is 0 Å². The van der Waals surface area contributed by atoms with Crippen LogP contribution < -0.4 is 5.73 Å². The summed E-state index contributed by atoms with van der Waals surface area (Å²) in [6.07, 6.45) is 2.49. The van der Waals surface area contributed by atoms with Crippen molar-refractivity contribution in [1.82, 2.24) is 9.80 Å². The number of nitrogens with zero attached hydrogens (tertiary/aromatic N) is 2. The average Bonchev–Trinajstić information content (AvgIpc) is 2.17. The van der Waals surface area contributed by atoms with Crippen LogP contribution in [0.4, 0.5) is 0 Å². The average molecular weight is 215 g/mol. The molecular weight excluding hydrogens is 194 g/mol. The van der Waals surface area contributed by atoms with Gasteiger partial charge in [-0.05, 0) is 39.5 Å². The molecule has 0 aromatic rings. The molecule has 1 fully saturated rings. The lowest BCUT2D eigenvalue weighted by Gasteiger charge is -2.36. The van der Waals surface area contributed by atoms with E-state index in [9.17, 15) is 0 Å². The predicted molar refractivity (Wildman–Crippen MR) is 64.6 cm³/mol. The van der Waals surface area contributed by atoms with Gasteiger partial charge in [0.15, 0.2) is 0 Å². The first-order chi connectivity index (χ1) is 6.63. The van der Waals surface area contributed by atoms with Gasteiger partial charge in [-0.3, -0.25) is 4.90 Å². The van der Waals surface area contributed by atoms with Crippen molar-refractivity contribution in [3.05, 3.63) is 0 Å². The van der Waals surface area contributed by atoms with Crippen molar-refractivity contribution in [3.63, 3.8) is 0 Å². The molecular formula is C10H21N3S. The summed E-state index contributed by atoms with van der Waals surface area (Å²) in [4.78, 5) is 5.38. The minimum atomic E-state index is 0.602. The van der Waals surface area contributed by atoms with Crippen LogP contribution in [-0.2, 0) is 0 Å².